The van der Waals surface area contributed by atoms with Gasteiger partial charge in [-0.15, -0.1) is 11.3 Å². The molecular formula is C14H16N4O2S. The van der Waals surface area contributed by atoms with Crippen LogP contribution < -0.4 is 5.73 Å². The lowest BCUT2D eigenvalue weighted by Gasteiger charge is -2.15. The number of carbonyl (C=O) groups is 2. The Morgan fingerprint density at radius 2 is 2.24 bits per heavy atom. The summed E-state index contributed by atoms with van der Waals surface area (Å²) in [7, 11) is 0. The fourth-order valence-corrected chi connectivity index (χ4v) is 3.35. The molecule has 2 aromatic heterocycles. The number of aryl methyl sites for hydroxylation is 1. The predicted octanol–water partition coefficient (Wildman–Crippen LogP) is 1.44. The first-order valence-corrected chi connectivity index (χ1v) is 7.56. The van der Waals surface area contributed by atoms with E-state index in [0.29, 0.717) is 18.7 Å². The van der Waals surface area contributed by atoms with E-state index >= 15 is 0 Å². The number of amides is 2. The van der Waals surface area contributed by atoms with Crippen molar-refractivity contribution in [2.45, 2.75) is 19.4 Å². The van der Waals surface area contributed by atoms with Crippen molar-refractivity contribution in [1.82, 2.24) is 14.7 Å². The normalized spacial score (nSPS) is 18.1. The van der Waals surface area contributed by atoms with Gasteiger partial charge in [0, 0.05) is 24.2 Å². The van der Waals surface area contributed by atoms with Crippen molar-refractivity contribution in [1.29, 1.82) is 0 Å². The minimum atomic E-state index is -0.485. The van der Waals surface area contributed by atoms with Gasteiger partial charge in [-0.25, -0.2) is 0 Å². The minimum Gasteiger partial charge on any atom is -0.366 e. The van der Waals surface area contributed by atoms with E-state index in [1.807, 2.05) is 24.0 Å². The molecule has 0 bridgehead atoms. The van der Waals surface area contributed by atoms with Crippen LogP contribution in [0.1, 0.15) is 37.4 Å². The molecule has 2 amide bonds. The second-order valence-electron chi connectivity index (χ2n) is 5.18. The van der Waals surface area contributed by atoms with Crippen LogP contribution in [0.3, 0.4) is 0 Å². The Kier molecular flexibility index (Phi) is 3.50. The van der Waals surface area contributed by atoms with Crippen LogP contribution in [0.25, 0.3) is 0 Å². The average Bonchev–Trinajstić information content (AvgIpc) is 3.17. The number of hydrogen-bond acceptors (Lipinski definition) is 4. The Morgan fingerprint density at radius 1 is 1.43 bits per heavy atom. The number of thiophene rings is 1. The number of nitrogens with zero attached hydrogens (tertiary/aromatic N) is 3. The largest absolute Gasteiger partial charge is 0.366 e. The number of carbonyl (C=O) groups excluding carboxylic acids is 2. The zero-order valence-electron chi connectivity index (χ0n) is 11.7. The number of nitrogens with two attached hydrogens (primary N) is 1. The molecule has 1 unspecified atom stereocenters. The molecule has 2 aromatic rings. The van der Waals surface area contributed by atoms with Gasteiger partial charge in [0.25, 0.3) is 11.8 Å². The van der Waals surface area contributed by atoms with E-state index in [1.54, 1.807) is 10.9 Å². The summed E-state index contributed by atoms with van der Waals surface area (Å²) in [6.07, 6.45) is 3.95. The average molecular weight is 304 g/mol. The summed E-state index contributed by atoms with van der Waals surface area (Å²) in [5.74, 6) is -0.417. The van der Waals surface area contributed by atoms with Crippen molar-refractivity contribution < 1.29 is 9.59 Å². The second kappa shape index (κ2) is 5.33. The van der Waals surface area contributed by atoms with Crippen LogP contribution in [0.4, 0.5) is 0 Å². The van der Waals surface area contributed by atoms with Crippen molar-refractivity contribution in [2.75, 3.05) is 13.1 Å². The molecule has 3 heterocycles. The van der Waals surface area contributed by atoms with Crippen molar-refractivity contribution in [3.05, 3.63) is 39.8 Å². The summed E-state index contributed by atoms with van der Waals surface area (Å²) in [5, 5.41) is 4.17. The van der Waals surface area contributed by atoms with E-state index in [2.05, 4.69) is 5.10 Å². The Bertz CT molecular complexity index is 691. The lowest BCUT2D eigenvalue weighted by Crippen LogP contribution is -2.28. The standard InChI is InChI=1S/C14H16N4O2S/c1-9-2-3-12(21-9)14(20)17-5-4-11(8-17)18-7-10(6-16-18)13(15)19/h2-3,6-7,11H,4-5,8H2,1H3,(H2,15,19). The lowest BCUT2D eigenvalue weighted by atomic mass is 10.2. The highest BCUT2D eigenvalue weighted by molar-refractivity contribution is 7.13. The van der Waals surface area contributed by atoms with E-state index in [0.717, 1.165) is 16.2 Å². The summed E-state index contributed by atoms with van der Waals surface area (Å²) in [6, 6.07) is 3.93. The van der Waals surface area contributed by atoms with E-state index in [-0.39, 0.29) is 11.9 Å². The summed E-state index contributed by atoms with van der Waals surface area (Å²) in [4.78, 5) is 27.2. The van der Waals surface area contributed by atoms with Crippen molar-refractivity contribution >= 4 is 23.2 Å². The minimum absolute atomic E-state index is 0.0675. The molecule has 0 radical (unpaired) electrons. The molecule has 6 nitrogen and oxygen atoms in total. The molecule has 1 aliphatic rings. The Balaban J connectivity index is 1.70. The lowest BCUT2D eigenvalue weighted by molar-refractivity contribution is 0.0791. The summed E-state index contributed by atoms with van der Waals surface area (Å²) in [6.45, 7) is 3.30. The maximum absolute atomic E-state index is 12.4. The summed E-state index contributed by atoms with van der Waals surface area (Å²) in [5.41, 5.74) is 5.62. The smallest absolute Gasteiger partial charge is 0.264 e. The molecule has 3 rings (SSSR count). The molecule has 0 aliphatic carbocycles. The first kappa shape index (κ1) is 13.8. The molecular weight excluding hydrogens is 288 g/mol. The van der Waals surface area contributed by atoms with Crippen LogP contribution in [0.15, 0.2) is 24.5 Å². The molecule has 7 heteroatoms. The molecule has 1 saturated heterocycles. The monoisotopic (exact) mass is 304 g/mol. The molecule has 110 valence electrons. The van der Waals surface area contributed by atoms with Gasteiger partial charge in [0.15, 0.2) is 0 Å². The highest BCUT2D eigenvalue weighted by Crippen LogP contribution is 2.25. The molecule has 0 spiro atoms. The zero-order chi connectivity index (χ0) is 15.0. The van der Waals surface area contributed by atoms with Gasteiger partial charge in [0.1, 0.15) is 0 Å². The third-order valence-electron chi connectivity index (χ3n) is 3.66. The molecule has 0 saturated carbocycles. The van der Waals surface area contributed by atoms with E-state index < -0.39 is 5.91 Å². The quantitative estimate of drug-likeness (QED) is 0.931. The van der Waals surface area contributed by atoms with Crippen LogP contribution in [0.5, 0.6) is 0 Å². The number of rotatable bonds is 3. The van der Waals surface area contributed by atoms with E-state index in [9.17, 15) is 9.59 Å². The molecule has 1 aliphatic heterocycles. The third kappa shape index (κ3) is 2.69. The Labute approximate surface area is 126 Å². The maximum Gasteiger partial charge on any atom is 0.264 e. The number of aromatic nitrogens is 2. The maximum atomic E-state index is 12.4. The van der Waals surface area contributed by atoms with Crippen LogP contribution in [0.2, 0.25) is 0 Å². The van der Waals surface area contributed by atoms with Gasteiger partial charge in [-0.1, -0.05) is 0 Å². The fraction of sp³-hybridized carbons (Fsp3) is 0.357. The number of primary amides is 1. The van der Waals surface area contributed by atoms with Gasteiger partial charge in [-0.05, 0) is 25.5 Å². The van der Waals surface area contributed by atoms with Gasteiger partial charge in [-0.2, -0.15) is 5.10 Å². The fourth-order valence-electron chi connectivity index (χ4n) is 2.51. The molecule has 0 aromatic carbocycles. The molecule has 1 fully saturated rings. The van der Waals surface area contributed by atoms with Crippen LogP contribution in [-0.4, -0.2) is 39.6 Å². The first-order chi connectivity index (χ1) is 10.0. The molecule has 2 N–H and O–H groups in total. The first-order valence-electron chi connectivity index (χ1n) is 6.74. The van der Waals surface area contributed by atoms with Crippen molar-refractivity contribution in [2.24, 2.45) is 5.73 Å². The van der Waals surface area contributed by atoms with Crippen molar-refractivity contribution in [3.63, 3.8) is 0 Å². The van der Waals surface area contributed by atoms with E-state index in [4.69, 9.17) is 5.73 Å². The summed E-state index contributed by atoms with van der Waals surface area (Å²) >= 11 is 1.51. The number of likely N-dealkylation sites (tertiary alicyclic amines) is 1. The summed E-state index contributed by atoms with van der Waals surface area (Å²) < 4.78 is 1.73. The van der Waals surface area contributed by atoms with Gasteiger partial charge < -0.3 is 10.6 Å². The SMILES string of the molecule is Cc1ccc(C(=O)N2CCC(n3cc(C(N)=O)cn3)C2)s1. The third-order valence-corrected chi connectivity index (χ3v) is 4.65. The van der Waals surface area contributed by atoms with Crippen molar-refractivity contribution in [3.8, 4) is 0 Å². The van der Waals surface area contributed by atoms with Gasteiger partial charge >= 0.3 is 0 Å². The van der Waals surface area contributed by atoms with Crippen LogP contribution in [-0.2, 0) is 0 Å². The molecule has 1 atom stereocenters. The van der Waals surface area contributed by atoms with Gasteiger partial charge in [0.2, 0.25) is 0 Å². The predicted molar refractivity (Wildman–Crippen MR) is 79.4 cm³/mol. The molecule has 21 heavy (non-hydrogen) atoms. The van der Waals surface area contributed by atoms with Gasteiger partial charge in [0.05, 0.1) is 22.7 Å². The second-order valence-corrected chi connectivity index (χ2v) is 6.47. The van der Waals surface area contributed by atoms with Crippen LogP contribution >= 0.6 is 11.3 Å². The Morgan fingerprint density at radius 3 is 2.86 bits per heavy atom. The van der Waals surface area contributed by atoms with Gasteiger partial charge in [-0.3, -0.25) is 14.3 Å². The van der Waals surface area contributed by atoms with Crippen LogP contribution in [0, 0.1) is 6.92 Å². The number of hydrogen-bond donors (Lipinski definition) is 1. The topological polar surface area (TPSA) is 81.2 Å². The Hall–Kier alpha value is -2.15. The highest BCUT2D eigenvalue weighted by Gasteiger charge is 2.29. The zero-order valence-corrected chi connectivity index (χ0v) is 12.5. The van der Waals surface area contributed by atoms with E-state index in [1.165, 1.54) is 17.5 Å². The highest BCUT2D eigenvalue weighted by atomic mass is 32.1.